The van der Waals surface area contributed by atoms with Crippen LogP contribution >= 0.6 is 0 Å². The number of nitrogens with zero attached hydrogens (tertiary/aromatic N) is 2. The first-order valence-electron chi connectivity index (χ1n) is 15.3. The maximum Gasteiger partial charge on any atom is 0.160 e. The highest BCUT2D eigenvalue weighted by Gasteiger charge is 2.36. The predicted molar refractivity (Wildman–Crippen MR) is 183 cm³/mol. The molecule has 0 spiro atoms. The number of hydrogen-bond acceptors (Lipinski definition) is 4. The van der Waals surface area contributed by atoms with Crippen LogP contribution in [0.5, 0.6) is 0 Å². The lowest BCUT2D eigenvalue weighted by atomic mass is 9.82. The Hall–Kier alpha value is -5.74. The second-order valence-electron chi connectivity index (χ2n) is 12.6. The van der Waals surface area contributed by atoms with E-state index in [1.54, 1.807) is 0 Å². The van der Waals surface area contributed by atoms with Crippen molar-refractivity contribution in [2.45, 2.75) is 19.3 Å². The van der Waals surface area contributed by atoms with Crippen LogP contribution in [0.1, 0.15) is 25.0 Å². The number of hydrogen-bond donors (Lipinski definition) is 0. The van der Waals surface area contributed by atoms with Crippen molar-refractivity contribution in [3.05, 3.63) is 132 Å². The Morgan fingerprint density at radius 1 is 0.467 bits per heavy atom. The first-order chi connectivity index (χ1) is 22.0. The minimum absolute atomic E-state index is 0.0780. The van der Waals surface area contributed by atoms with Crippen molar-refractivity contribution in [2.75, 3.05) is 0 Å². The zero-order valence-corrected chi connectivity index (χ0v) is 24.8. The van der Waals surface area contributed by atoms with E-state index in [4.69, 9.17) is 18.8 Å². The summed E-state index contributed by atoms with van der Waals surface area (Å²) < 4.78 is 12.6. The summed E-state index contributed by atoms with van der Waals surface area (Å²) in [4.78, 5) is 10.3. The van der Waals surface area contributed by atoms with Crippen LogP contribution in [0.4, 0.5) is 0 Å². The highest BCUT2D eigenvalue weighted by molar-refractivity contribution is 6.10. The van der Waals surface area contributed by atoms with Crippen molar-refractivity contribution in [2.24, 2.45) is 0 Å². The lowest BCUT2D eigenvalue weighted by molar-refractivity contribution is 0.647. The zero-order chi connectivity index (χ0) is 29.9. The summed E-state index contributed by atoms with van der Waals surface area (Å²) in [5.74, 6) is 0.685. The number of fused-ring (bicyclic) bond motifs is 10. The smallest absolute Gasteiger partial charge is 0.160 e. The summed E-state index contributed by atoms with van der Waals surface area (Å²) in [7, 11) is 0. The summed E-state index contributed by atoms with van der Waals surface area (Å²) in [5, 5.41) is 5.37. The van der Waals surface area contributed by atoms with Gasteiger partial charge in [-0.25, -0.2) is 9.97 Å². The Morgan fingerprint density at radius 2 is 1.11 bits per heavy atom. The van der Waals surface area contributed by atoms with Crippen LogP contribution < -0.4 is 0 Å². The summed E-state index contributed by atoms with van der Waals surface area (Å²) in [6, 6.07) is 42.3. The van der Waals surface area contributed by atoms with Crippen LogP contribution in [0.3, 0.4) is 0 Å². The molecule has 45 heavy (non-hydrogen) atoms. The first kappa shape index (κ1) is 24.7. The molecule has 0 radical (unpaired) electrons. The van der Waals surface area contributed by atoms with Crippen molar-refractivity contribution >= 4 is 54.8 Å². The van der Waals surface area contributed by atoms with E-state index >= 15 is 0 Å². The van der Waals surface area contributed by atoms with E-state index in [1.165, 1.54) is 22.3 Å². The van der Waals surface area contributed by atoms with Gasteiger partial charge >= 0.3 is 0 Å². The molecular weight excluding hydrogens is 552 g/mol. The summed E-state index contributed by atoms with van der Waals surface area (Å²) >= 11 is 0. The third-order valence-electron chi connectivity index (χ3n) is 9.68. The number of furan rings is 2. The van der Waals surface area contributed by atoms with Crippen molar-refractivity contribution < 1.29 is 8.83 Å². The number of rotatable bonds is 2. The monoisotopic (exact) mass is 578 g/mol. The number of para-hydroxylation sites is 2. The van der Waals surface area contributed by atoms with Gasteiger partial charge < -0.3 is 8.83 Å². The molecule has 0 saturated carbocycles. The van der Waals surface area contributed by atoms with Crippen LogP contribution in [0.2, 0.25) is 0 Å². The second kappa shape index (κ2) is 8.67. The molecule has 1 aliphatic rings. The Kier molecular flexibility index (Phi) is 4.76. The maximum atomic E-state index is 6.44. The molecule has 0 fully saturated rings. The van der Waals surface area contributed by atoms with E-state index in [9.17, 15) is 0 Å². The van der Waals surface area contributed by atoms with Gasteiger partial charge in [0.2, 0.25) is 0 Å². The molecule has 0 atom stereocenters. The van der Waals surface area contributed by atoms with Crippen molar-refractivity contribution in [1.29, 1.82) is 0 Å². The largest absolute Gasteiger partial charge is 0.456 e. The summed E-state index contributed by atoms with van der Waals surface area (Å²) in [5.41, 5.74) is 12.5. The van der Waals surface area contributed by atoms with Crippen LogP contribution in [-0.4, -0.2) is 9.97 Å². The van der Waals surface area contributed by atoms with Gasteiger partial charge in [0.25, 0.3) is 0 Å². The molecular formula is C41H26N2O2. The van der Waals surface area contributed by atoms with Gasteiger partial charge in [0.15, 0.2) is 5.82 Å². The SMILES string of the molecule is CC1(C)c2ccccc2-c2cc3c(cc21)oc1ccc(-c2nc(-c4ccc5oc6ccccc6c5c4)c4ccccc4n2)cc13. The fourth-order valence-electron chi connectivity index (χ4n) is 7.41. The average Bonchev–Trinajstić information content (AvgIpc) is 3.70. The fourth-order valence-corrected chi connectivity index (χ4v) is 7.41. The van der Waals surface area contributed by atoms with E-state index in [0.29, 0.717) is 5.82 Å². The molecule has 0 unspecified atom stereocenters. The lowest BCUT2D eigenvalue weighted by Gasteiger charge is -2.21. The van der Waals surface area contributed by atoms with Crippen molar-refractivity contribution in [1.82, 2.24) is 9.97 Å². The minimum atomic E-state index is -0.0780. The second-order valence-corrected chi connectivity index (χ2v) is 12.6. The standard InChI is InChI=1S/C41H26N2O2/c1-41(2)32-12-6-3-9-25(32)28-21-31-30-20-24(16-18-37(30)45-38(31)22-33(28)41)40-42-34-13-7-4-11-27(34)39(43-40)23-15-17-36-29(19-23)26-10-5-8-14-35(26)44-36/h3-22H,1-2H3. The molecule has 9 aromatic rings. The highest BCUT2D eigenvalue weighted by atomic mass is 16.3. The Balaban J connectivity index is 1.17. The molecule has 0 amide bonds. The first-order valence-corrected chi connectivity index (χ1v) is 15.3. The topological polar surface area (TPSA) is 52.1 Å². The van der Waals surface area contributed by atoms with Gasteiger partial charge in [-0.1, -0.05) is 74.5 Å². The van der Waals surface area contributed by atoms with Crippen LogP contribution in [-0.2, 0) is 5.41 Å². The maximum absolute atomic E-state index is 6.44. The molecule has 1 aliphatic carbocycles. The molecule has 3 aromatic heterocycles. The van der Waals surface area contributed by atoms with Gasteiger partial charge in [-0.3, -0.25) is 0 Å². The molecule has 0 saturated heterocycles. The van der Waals surface area contributed by atoms with E-state index in [0.717, 1.165) is 71.6 Å². The van der Waals surface area contributed by atoms with Gasteiger partial charge in [-0.15, -0.1) is 0 Å². The van der Waals surface area contributed by atoms with E-state index in [1.807, 2.05) is 36.4 Å². The molecule has 0 N–H and O–H groups in total. The van der Waals surface area contributed by atoms with E-state index in [-0.39, 0.29) is 5.41 Å². The molecule has 4 heteroatoms. The van der Waals surface area contributed by atoms with Gasteiger partial charge in [-0.05, 0) is 82.9 Å². The molecule has 4 nitrogen and oxygen atoms in total. The van der Waals surface area contributed by atoms with Gasteiger partial charge in [0.1, 0.15) is 22.3 Å². The van der Waals surface area contributed by atoms with Crippen LogP contribution in [0.15, 0.2) is 130 Å². The van der Waals surface area contributed by atoms with Gasteiger partial charge in [-0.2, -0.15) is 0 Å². The van der Waals surface area contributed by atoms with E-state index < -0.39 is 0 Å². The predicted octanol–water partition coefficient (Wildman–Crippen LogP) is 11.1. The van der Waals surface area contributed by atoms with Crippen molar-refractivity contribution in [3.63, 3.8) is 0 Å². The molecule has 3 heterocycles. The Labute approximate surface area is 258 Å². The molecule has 212 valence electrons. The molecule has 0 aliphatic heterocycles. The van der Waals surface area contributed by atoms with E-state index in [2.05, 4.69) is 98.8 Å². The summed E-state index contributed by atoms with van der Waals surface area (Å²) in [6.07, 6.45) is 0. The molecule has 0 bridgehead atoms. The zero-order valence-electron chi connectivity index (χ0n) is 24.8. The number of benzene rings is 6. The minimum Gasteiger partial charge on any atom is -0.456 e. The lowest BCUT2D eigenvalue weighted by Crippen LogP contribution is -2.14. The van der Waals surface area contributed by atoms with Crippen LogP contribution in [0.25, 0.3) is 88.6 Å². The van der Waals surface area contributed by atoms with Gasteiger partial charge in [0, 0.05) is 43.5 Å². The summed E-state index contributed by atoms with van der Waals surface area (Å²) in [6.45, 7) is 4.59. The fraction of sp³-hybridized carbons (Fsp3) is 0.0732. The highest BCUT2D eigenvalue weighted by Crippen LogP contribution is 2.50. The Morgan fingerprint density at radius 3 is 2.00 bits per heavy atom. The van der Waals surface area contributed by atoms with Crippen molar-refractivity contribution in [3.8, 4) is 33.8 Å². The molecule has 6 aromatic carbocycles. The molecule has 10 rings (SSSR count). The normalized spacial score (nSPS) is 13.7. The third-order valence-corrected chi connectivity index (χ3v) is 9.68. The van der Waals surface area contributed by atoms with Crippen LogP contribution in [0, 0.1) is 0 Å². The third kappa shape index (κ3) is 3.42. The van der Waals surface area contributed by atoms with Gasteiger partial charge in [0.05, 0.1) is 11.2 Å². The quantitative estimate of drug-likeness (QED) is 0.205. The average molecular weight is 579 g/mol. The number of aromatic nitrogens is 2. The Bertz CT molecular complexity index is 2690.